The average molecular weight is 524 g/mol. The Bertz CT molecular complexity index is 1430. The average Bonchev–Trinajstić information content (AvgIpc) is 3.31. The number of carbonyl (C=O) groups is 1. The second kappa shape index (κ2) is 8.54. The Labute approximate surface area is 202 Å². The lowest BCUT2D eigenvalue weighted by Gasteiger charge is -2.18. The van der Waals surface area contributed by atoms with Gasteiger partial charge in [0, 0.05) is 20.1 Å². The molecule has 2 heterocycles. The van der Waals surface area contributed by atoms with Crippen LogP contribution in [0.5, 0.6) is 5.75 Å². The van der Waals surface area contributed by atoms with Gasteiger partial charge in [-0.1, -0.05) is 70.0 Å². The van der Waals surface area contributed by atoms with Crippen molar-refractivity contribution in [2.24, 2.45) is 4.99 Å². The summed E-state index contributed by atoms with van der Waals surface area (Å²) in [5, 5.41) is 1.54. The summed E-state index contributed by atoms with van der Waals surface area (Å²) in [6.45, 7) is 0. The van der Waals surface area contributed by atoms with Crippen molar-refractivity contribution in [3.63, 3.8) is 0 Å². The SMILES string of the molecule is COc1ccccc1/C=C1/N=C(c2sc3ccccc3c2Cl)N(c2cccc(Br)c2)C1=O. The number of carbonyl (C=O) groups excluding carboxylic acids is 1. The molecule has 0 bridgehead atoms. The van der Waals surface area contributed by atoms with Gasteiger partial charge in [0.1, 0.15) is 11.4 Å². The normalized spacial score (nSPS) is 15.0. The highest BCUT2D eigenvalue weighted by Crippen LogP contribution is 2.39. The Morgan fingerprint density at radius 1 is 1.06 bits per heavy atom. The maximum absolute atomic E-state index is 13.6. The van der Waals surface area contributed by atoms with Gasteiger partial charge in [0.15, 0.2) is 5.84 Å². The van der Waals surface area contributed by atoms with Crippen LogP contribution >= 0.6 is 38.9 Å². The van der Waals surface area contributed by atoms with E-state index < -0.39 is 0 Å². The summed E-state index contributed by atoms with van der Waals surface area (Å²) >= 11 is 11.8. The highest BCUT2D eigenvalue weighted by Gasteiger charge is 2.35. The number of benzene rings is 3. The van der Waals surface area contributed by atoms with Crippen LogP contribution in [0, 0.1) is 0 Å². The number of rotatable bonds is 4. The molecule has 3 aromatic carbocycles. The van der Waals surface area contributed by atoms with E-state index in [1.807, 2.05) is 72.8 Å². The van der Waals surface area contributed by atoms with Crippen molar-refractivity contribution in [2.75, 3.05) is 12.0 Å². The molecule has 1 aliphatic heterocycles. The summed E-state index contributed by atoms with van der Waals surface area (Å²) in [5.74, 6) is 0.961. The number of amides is 1. The summed E-state index contributed by atoms with van der Waals surface area (Å²) in [5.41, 5.74) is 1.80. The van der Waals surface area contributed by atoms with Crippen molar-refractivity contribution in [1.82, 2.24) is 0 Å². The molecule has 4 nitrogen and oxygen atoms in total. The highest BCUT2D eigenvalue weighted by atomic mass is 79.9. The van der Waals surface area contributed by atoms with Gasteiger partial charge in [-0.25, -0.2) is 4.99 Å². The highest BCUT2D eigenvalue weighted by molar-refractivity contribution is 9.10. The summed E-state index contributed by atoms with van der Waals surface area (Å²) in [6, 6.07) is 23.0. The Morgan fingerprint density at radius 2 is 1.84 bits per heavy atom. The zero-order chi connectivity index (χ0) is 22.2. The predicted octanol–water partition coefficient (Wildman–Crippen LogP) is 7.16. The number of fused-ring (bicyclic) bond motifs is 1. The Hall–Kier alpha value is -2.93. The minimum atomic E-state index is -0.225. The molecule has 5 rings (SSSR count). The van der Waals surface area contributed by atoms with Crippen LogP contribution < -0.4 is 9.64 Å². The van der Waals surface area contributed by atoms with E-state index in [1.54, 1.807) is 18.1 Å². The Morgan fingerprint density at radius 3 is 2.62 bits per heavy atom. The van der Waals surface area contributed by atoms with Crippen LogP contribution in [0.15, 0.2) is 88.0 Å². The molecule has 4 aromatic rings. The molecule has 32 heavy (non-hydrogen) atoms. The standard InChI is InChI=1S/C25H16BrClN2O2S/c1-31-20-11-4-2-7-15(20)13-19-25(30)29(17-9-6-8-16(26)14-17)24(28-19)23-22(27)18-10-3-5-12-21(18)32-23/h2-14H,1H3/b19-13+. The first kappa shape index (κ1) is 20.9. The van der Waals surface area contributed by atoms with Gasteiger partial charge in [-0.3, -0.25) is 9.69 Å². The third-order valence-electron chi connectivity index (χ3n) is 5.10. The lowest BCUT2D eigenvalue weighted by molar-refractivity contribution is -0.113. The number of halogens is 2. The molecule has 7 heteroatoms. The molecule has 0 unspecified atom stereocenters. The van der Waals surface area contributed by atoms with E-state index in [0.717, 1.165) is 25.0 Å². The molecule has 1 aliphatic rings. The van der Waals surface area contributed by atoms with Crippen LogP contribution in [0.25, 0.3) is 16.2 Å². The fourth-order valence-corrected chi connectivity index (χ4v) is 5.50. The zero-order valence-corrected chi connectivity index (χ0v) is 20.0. The van der Waals surface area contributed by atoms with Crippen LogP contribution in [0.4, 0.5) is 5.69 Å². The van der Waals surface area contributed by atoms with Crippen LogP contribution in [0.1, 0.15) is 10.4 Å². The Balaban J connectivity index is 1.71. The monoisotopic (exact) mass is 522 g/mol. The van der Waals surface area contributed by atoms with Gasteiger partial charge in [-0.05, 0) is 36.4 Å². The Kier molecular flexibility index (Phi) is 5.59. The van der Waals surface area contributed by atoms with E-state index in [0.29, 0.717) is 28.0 Å². The van der Waals surface area contributed by atoms with E-state index >= 15 is 0 Å². The number of amidine groups is 1. The van der Waals surface area contributed by atoms with E-state index in [4.69, 9.17) is 21.3 Å². The van der Waals surface area contributed by atoms with E-state index in [2.05, 4.69) is 15.9 Å². The third-order valence-corrected chi connectivity index (χ3v) is 7.26. The van der Waals surface area contributed by atoms with Gasteiger partial charge >= 0.3 is 0 Å². The number of aliphatic imine (C=N–C) groups is 1. The minimum Gasteiger partial charge on any atom is -0.496 e. The number of hydrogen-bond donors (Lipinski definition) is 0. The smallest absolute Gasteiger partial charge is 0.282 e. The molecule has 1 amide bonds. The van der Waals surface area contributed by atoms with Gasteiger partial charge in [0.2, 0.25) is 0 Å². The number of para-hydroxylation sites is 1. The van der Waals surface area contributed by atoms with Crippen molar-refractivity contribution < 1.29 is 9.53 Å². The largest absolute Gasteiger partial charge is 0.496 e. The first-order valence-corrected chi connectivity index (χ1v) is 11.8. The number of anilines is 1. The number of hydrogen-bond acceptors (Lipinski definition) is 4. The summed E-state index contributed by atoms with van der Waals surface area (Å²) in [6.07, 6.45) is 1.75. The first-order valence-electron chi connectivity index (χ1n) is 9.77. The molecule has 0 spiro atoms. The van der Waals surface area contributed by atoms with Gasteiger partial charge in [-0.15, -0.1) is 11.3 Å². The van der Waals surface area contributed by atoms with Gasteiger partial charge in [0.05, 0.1) is 22.7 Å². The molecular weight excluding hydrogens is 508 g/mol. The number of methoxy groups -OCH3 is 1. The van der Waals surface area contributed by atoms with Crippen LogP contribution in [-0.2, 0) is 4.79 Å². The third kappa shape index (κ3) is 3.64. The van der Waals surface area contributed by atoms with E-state index in [9.17, 15) is 4.79 Å². The summed E-state index contributed by atoms with van der Waals surface area (Å²) < 4.78 is 7.35. The molecule has 158 valence electrons. The van der Waals surface area contributed by atoms with E-state index in [-0.39, 0.29) is 5.91 Å². The quantitative estimate of drug-likeness (QED) is 0.266. The fourth-order valence-electron chi connectivity index (χ4n) is 3.61. The van der Waals surface area contributed by atoms with Crippen molar-refractivity contribution >= 4 is 72.5 Å². The zero-order valence-electron chi connectivity index (χ0n) is 16.9. The molecule has 0 atom stereocenters. The molecule has 0 saturated carbocycles. The molecular formula is C25H16BrClN2O2S. The molecule has 1 aromatic heterocycles. The van der Waals surface area contributed by atoms with Crippen LogP contribution in [0.2, 0.25) is 5.02 Å². The van der Waals surface area contributed by atoms with Crippen molar-refractivity contribution in [2.45, 2.75) is 0 Å². The summed E-state index contributed by atoms with van der Waals surface area (Å²) in [4.78, 5) is 20.7. The van der Waals surface area contributed by atoms with Crippen molar-refractivity contribution in [1.29, 1.82) is 0 Å². The van der Waals surface area contributed by atoms with E-state index in [1.165, 1.54) is 11.3 Å². The maximum Gasteiger partial charge on any atom is 0.282 e. The number of ether oxygens (including phenoxy) is 1. The minimum absolute atomic E-state index is 0.225. The number of nitrogens with zero attached hydrogens (tertiary/aromatic N) is 2. The second-order valence-electron chi connectivity index (χ2n) is 7.07. The maximum atomic E-state index is 13.6. The van der Waals surface area contributed by atoms with Crippen LogP contribution in [-0.4, -0.2) is 18.9 Å². The molecule has 0 aliphatic carbocycles. The van der Waals surface area contributed by atoms with Crippen molar-refractivity contribution in [3.05, 3.63) is 98.4 Å². The first-order chi connectivity index (χ1) is 15.6. The van der Waals surface area contributed by atoms with Crippen LogP contribution in [0.3, 0.4) is 0 Å². The summed E-state index contributed by atoms with van der Waals surface area (Å²) in [7, 11) is 1.60. The van der Waals surface area contributed by atoms with Crippen molar-refractivity contribution in [3.8, 4) is 5.75 Å². The lowest BCUT2D eigenvalue weighted by atomic mass is 10.1. The fraction of sp³-hybridized carbons (Fsp3) is 0.0400. The van der Waals surface area contributed by atoms with Gasteiger partial charge in [-0.2, -0.15) is 0 Å². The second-order valence-corrected chi connectivity index (χ2v) is 9.41. The van der Waals surface area contributed by atoms with Gasteiger partial charge in [0.25, 0.3) is 5.91 Å². The number of thiophene rings is 1. The molecule has 0 fully saturated rings. The molecule has 0 saturated heterocycles. The van der Waals surface area contributed by atoms with Gasteiger partial charge < -0.3 is 4.74 Å². The molecule has 0 radical (unpaired) electrons. The topological polar surface area (TPSA) is 41.9 Å². The molecule has 0 N–H and O–H groups in total. The predicted molar refractivity (Wildman–Crippen MR) is 136 cm³/mol. The lowest BCUT2D eigenvalue weighted by Crippen LogP contribution is -2.32.